The van der Waals surface area contributed by atoms with Gasteiger partial charge < -0.3 is 10.5 Å². The number of nitrogens with two attached hydrogens (primary N) is 1. The predicted octanol–water partition coefficient (Wildman–Crippen LogP) is 5.31. The average molecular weight is 443 g/mol. The van der Waals surface area contributed by atoms with E-state index in [1.807, 2.05) is 18.2 Å². The van der Waals surface area contributed by atoms with E-state index in [1.54, 1.807) is 12.1 Å². The molecule has 0 radical (unpaired) electrons. The fourth-order valence-corrected chi connectivity index (χ4v) is 2.87. The van der Waals surface area contributed by atoms with E-state index in [4.69, 9.17) is 45.3 Å². The second kappa shape index (κ2) is 6.71. The summed E-state index contributed by atoms with van der Waals surface area (Å²) in [6.07, 6.45) is 0. The molecule has 106 valence electrons. The third-order valence-electron chi connectivity index (χ3n) is 2.91. The number of hydrogen-bond acceptors (Lipinski definition) is 2. The van der Waals surface area contributed by atoms with Crippen LogP contribution in [0.1, 0.15) is 17.2 Å². The first kappa shape index (κ1) is 16.2. The number of rotatable bonds is 3. The van der Waals surface area contributed by atoms with Gasteiger partial charge in [0.05, 0.1) is 23.2 Å². The van der Waals surface area contributed by atoms with Gasteiger partial charge in [0.1, 0.15) is 5.75 Å². The van der Waals surface area contributed by atoms with Crippen molar-refractivity contribution in [1.82, 2.24) is 0 Å². The van der Waals surface area contributed by atoms with Gasteiger partial charge in [0.2, 0.25) is 0 Å². The van der Waals surface area contributed by atoms with Gasteiger partial charge in [-0.3, -0.25) is 0 Å². The summed E-state index contributed by atoms with van der Waals surface area (Å²) in [4.78, 5) is 0. The Hall–Kier alpha value is -0.200. The fraction of sp³-hybridized carbons (Fsp3) is 0.143. The minimum absolute atomic E-state index is 0.402. The van der Waals surface area contributed by atoms with Crippen LogP contribution in [0.2, 0.25) is 15.1 Å². The molecule has 0 amide bonds. The maximum Gasteiger partial charge on any atom is 0.138 e. The van der Waals surface area contributed by atoms with Crippen LogP contribution < -0.4 is 10.5 Å². The van der Waals surface area contributed by atoms with E-state index >= 15 is 0 Å². The third kappa shape index (κ3) is 3.34. The lowest BCUT2D eigenvalue weighted by Crippen LogP contribution is -2.12. The Morgan fingerprint density at radius 1 is 1.05 bits per heavy atom. The Morgan fingerprint density at radius 3 is 2.35 bits per heavy atom. The van der Waals surface area contributed by atoms with Crippen molar-refractivity contribution in [3.05, 3.63) is 60.1 Å². The highest BCUT2D eigenvalue weighted by atomic mass is 127. The molecule has 20 heavy (non-hydrogen) atoms. The molecule has 1 atom stereocenters. The Labute approximate surface area is 146 Å². The van der Waals surface area contributed by atoms with Crippen molar-refractivity contribution in [3.63, 3.8) is 0 Å². The van der Waals surface area contributed by atoms with Gasteiger partial charge in [0, 0.05) is 14.7 Å². The van der Waals surface area contributed by atoms with Gasteiger partial charge >= 0.3 is 0 Å². The molecule has 2 aromatic carbocycles. The van der Waals surface area contributed by atoms with Crippen molar-refractivity contribution in [1.29, 1.82) is 0 Å². The molecule has 6 heteroatoms. The SMILES string of the molecule is COc1cc(Cl)c(C(N)c2ccc(I)c(Cl)c2)cc1Cl. The second-order valence-corrected chi connectivity index (χ2v) is 6.54. The van der Waals surface area contributed by atoms with Crippen LogP contribution in [0.3, 0.4) is 0 Å². The normalized spacial score (nSPS) is 12.3. The molecule has 0 aromatic heterocycles. The molecule has 2 nitrogen and oxygen atoms in total. The summed E-state index contributed by atoms with van der Waals surface area (Å²) in [5.74, 6) is 0.522. The number of ether oxygens (including phenoxy) is 1. The fourth-order valence-electron chi connectivity index (χ4n) is 1.82. The standard InChI is InChI=1S/C14H11Cl3INO/c1-20-13-6-9(15)8(5-11(13)17)14(19)7-2-3-12(18)10(16)4-7/h2-6,14H,19H2,1H3. The first-order valence-corrected chi connectivity index (χ1v) is 7.88. The molecule has 0 aliphatic rings. The lowest BCUT2D eigenvalue weighted by molar-refractivity contribution is 0.415. The molecular formula is C14H11Cl3INO. The van der Waals surface area contributed by atoms with Gasteiger partial charge in [-0.1, -0.05) is 40.9 Å². The summed E-state index contributed by atoms with van der Waals surface area (Å²) in [6.45, 7) is 0. The van der Waals surface area contributed by atoms with Crippen LogP contribution in [-0.2, 0) is 0 Å². The zero-order chi connectivity index (χ0) is 14.9. The molecule has 0 heterocycles. The van der Waals surface area contributed by atoms with Crippen molar-refractivity contribution in [2.75, 3.05) is 7.11 Å². The Balaban J connectivity index is 2.45. The molecule has 0 saturated heterocycles. The Morgan fingerprint density at radius 2 is 1.75 bits per heavy atom. The third-order valence-corrected chi connectivity index (χ3v) is 5.10. The molecule has 0 saturated carbocycles. The molecule has 0 fully saturated rings. The van der Waals surface area contributed by atoms with Crippen molar-refractivity contribution in [2.24, 2.45) is 5.73 Å². The van der Waals surface area contributed by atoms with Gasteiger partial charge in [0.15, 0.2) is 0 Å². The monoisotopic (exact) mass is 441 g/mol. The summed E-state index contributed by atoms with van der Waals surface area (Å²) in [5.41, 5.74) is 7.86. The molecule has 1 unspecified atom stereocenters. The topological polar surface area (TPSA) is 35.2 Å². The highest BCUT2D eigenvalue weighted by molar-refractivity contribution is 14.1. The molecule has 2 aromatic rings. The number of benzene rings is 2. The highest BCUT2D eigenvalue weighted by Gasteiger charge is 2.16. The van der Waals surface area contributed by atoms with E-state index in [2.05, 4.69) is 22.6 Å². The van der Waals surface area contributed by atoms with Crippen molar-refractivity contribution in [2.45, 2.75) is 6.04 Å². The first-order chi connectivity index (χ1) is 9.43. The molecule has 0 aliphatic heterocycles. The summed E-state index contributed by atoms with van der Waals surface area (Å²) in [6, 6.07) is 8.65. The number of methoxy groups -OCH3 is 1. The highest BCUT2D eigenvalue weighted by Crippen LogP contribution is 2.36. The van der Waals surface area contributed by atoms with E-state index in [9.17, 15) is 0 Å². The van der Waals surface area contributed by atoms with E-state index in [0.29, 0.717) is 20.8 Å². The zero-order valence-electron chi connectivity index (χ0n) is 10.5. The van der Waals surface area contributed by atoms with E-state index in [1.165, 1.54) is 7.11 Å². The van der Waals surface area contributed by atoms with Crippen LogP contribution >= 0.6 is 57.4 Å². The van der Waals surface area contributed by atoms with Gasteiger partial charge in [-0.05, 0) is 51.9 Å². The van der Waals surface area contributed by atoms with Gasteiger partial charge in [0.25, 0.3) is 0 Å². The van der Waals surface area contributed by atoms with Crippen molar-refractivity contribution >= 4 is 57.4 Å². The summed E-state index contributed by atoms with van der Waals surface area (Å²) in [5, 5.41) is 1.64. The average Bonchev–Trinajstić information content (AvgIpc) is 2.43. The lowest BCUT2D eigenvalue weighted by atomic mass is 9.99. The van der Waals surface area contributed by atoms with Crippen molar-refractivity contribution < 1.29 is 4.74 Å². The van der Waals surface area contributed by atoms with Crippen LogP contribution in [0.5, 0.6) is 5.75 Å². The van der Waals surface area contributed by atoms with Crippen LogP contribution in [0.25, 0.3) is 0 Å². The maximum atomic E-state index is 6.25. The van der Waals surface area contributed by atoms with Crippen LogP contribution in [0, 0.1) is 3.57 Å². The summed E-state index contributed by atoms with van der Waals surface area (Å²) in [7, 11) is 1.54. The van der Waals surface area contributed by atoms with Crippen molar-refractivity contribution in [3.8, 4) is 5.75 Å². The molecule has 0 bridgehead atoms. The Kier molecular flexibility index (Phi) is 5.42. The van der Waals surface area contributed by atoms with Gasteiger partial charge in [-0.15, -0.1) is 0 Å². The number of hydrogen-bond donors (Lipinski definition) is 1. The largest absolute Gasteiger partial charge is 0.495 e. The smallest absolute Gasteiger partial charge is 0.138 e. The summed E-state index contributed by atoms with van der Waals surface area (Å²) < 4.78 is 6.09. The van der Waals surface area contributed by atoms with Gasteiger partial charge in [-0.25, -0.2) is 0 Å². The van der Waals surface area contributed by atoms with Gasteiger partial charge in [-0.2, -0.15) is 0 Å². The molecule has 0 aliphatic carbocycles. The van der Waals surface area contributed by atoms with Crippen LogP contribution in [0.4, 0.5) is 0 Å². The number of halogens is 4. The Bertz CT molecular complexity index is 649. The minimum atomic E-state index is -0.402. The lowest BCUT2D eigenvalue weighted by Gasteiger charge is -2.16. The maximum absolute atomic E-state index is 6.25. The van der Waals surface area contributed by atoms with E-state index in [-0.39, 0.29) is 0 Å². The molecular weight excluding hydrogens is 431 g/mol. The van der Waals surface area contributed by atoms with Crippen LogP contribution in [-0.4, -0.2) is 7.11 Å². The van der Waals surface area contributed by atoms with E-state index < -0.39 is 6.04 Å². The molecule has 2 rings (SSSR count). The summed E-state index contributed by atoms with van der Waals surface area (Å²) >= 11 is 20.7. The second-order valence-electron chi connectivity index (χ2n) is 4.16. The molecule has 2 N–H and O–H groups in total. The molecule has 0 spiro atoms. The zero-order valence-corrected chi connectivity index (χ0v) is 14.9. The van der Waals surface area contributed by atoms with E-state index in [0.717, 1.165) is 14.7 Å². The minimum Gasteiger partial charge on any atom is -0.495 e. The quantitative estimate of drug-likeness (QED) is 0.654. The first-order valence-electron chi connectivity index (χ1n) is 5.67. The predicted molar refractivity (Wildman–Crippen MR) is 93.2 cm³/mol. The van der Waals surface area contributed by atoms with Crippen LogP contribution in [0.15, 0.2) is 30.3 Å².